The lowest BCUT2D eigenvalue weighted by molar-refractivity contribution is 0.0736. The first kappa shape index (κ1) is 18.2. The summed E-state index contributed by atoms with van der Waals surface area (Å²) in [5.41, 5.74) is 1.84. The molecule has 0 saturated heterocycles. The molecule has 0 unspecified atom stereocenters. The van der Waals surface area contributed by atoms with Gasteiger partial charge in [-0.3, -0.25) is 0 Å². The number of methoxy groups -OCH3 is 1. The molecule has 0 spiro atoms. The first-order valence-electron chi connectivity index (χ1n) is 8.85. The Morgan fingerprint density at radius 1 is 1.14 bits per heavy atom. The molecule has 6 nitrogen and oxygen atoms in total. The van der Waals surface area contributed by atoms with Crippen LogP contribution in [0.3, 0.4) is 0 Å². The van der Waals surface area contributed by atoms with Crippen molar-refractivity contribution in [3.63, 3.8) is 0 Å². The highest BCUT2D eigenvalue weighted by Gasteiger charge is 2.20. The average molecular weight is 393 g/mol. The van der Waals surface area contributed by atoms with Gasteiger partial charge in [-0.25, -0.2) is 14.5 Å². The number of pyridine rings is 1. The molecule has 0 radical (unpaired) electrons. The van der Waals surface area contributed by atoms with Crippen LogP contribution in [-0.2, 0) is 0 Å². The van der Waals surface area contributed by atoms with Crippen molar-refractivity contribution in [3.05, 3.63) is 59.6 Å². The second-order valence-corrected chi connectivity index (χ2v) is 7.47. The first-order valence-corrected chi connectivity index (χ1v) is 9.73. The van der Waals surface area contributed by atoms with Gasteiger partial charge in [0.25, 0.3) is 0 Å². The number of carbonyl (C=O) groups is 1. The van der Waals surface area contributed by atoms with Crippen LogP contribution < -0.4 is 9.47 Å². The molecule has 142 valence electrons. The fraction of sp³-hybridized carbons (Fsp3) is 0.190. The van der Waals surface area contributed by atoms with Gasteiger partial charge in [0, 0.05) is 6.04 Å². The van der Waals surface area contributed by atoms with E-state index in [1.54, 1.807) is 55.0 Å². The molecule has 0 aliphatic rings. The van der Waals surface area contributed by atoms with Crippen LogP contribution in [0.25, 0.3) is 21.6 Å². The average Bonchev–Trinajstić information content (AvgIpc) is 3.37. The van der Waals surface area contributed by atoms with Gasteiger partial charge in [-0.2, -0.15) is 5.10 Å². The van der Waals surface area contributed by atoms with E-state index in [2.05, 4.69) is 5.10 Å². The van der Waals surface area contributed by atoms with Crippen molar-refractivity contribution in [1.82, 2.24) is 14.8 Å². The number of nitrogens with zero attached hydrogens (tertiary/aromatic N) is 3. The quantitative estimate of drug-likeness (QED) is 0.354. The normalized spacial score (nSPS) is 11.1. The number of thiophene rings is 1. The number of rotatable bonds is 5. The molecule has 0 N–H and O–H groups in total. The minimum Gasteiger partial charge on any atom is -0.497 e. The second kappa shape index (κ2) is 7.44. The standard InChI is InChI=1S/C21H19N3O3S/c1-13(2)24-20-17(12-22-24)16(11-18(23-20)19-5-4-10-28-19)21(25)27-15-8-6-14(26-3)7-9-15/h4-13H,1-3H3. The summed E-state index contributed by atoms with van der Waals surface area (Å²) in [5.74, 6) is 0.702. The van der Waals surface area contributed by atoms with Crippen LogP contribution in [0.5, 0.6) is 11.5 Å². The van der Waals surface area contributed by atoms with Crippen LogP contribution in [0.4, 0.5) is 0 Å². The third kappa shape index (κ3) is 3.36. The maximum absolute atomic E-state index is 13.0. The highest BCUT2D eigenvalue weighted by Crippen LogP contribution is 2.29. The third-order valence-corrected chi connectivity index (χ3v) is 5.21. The lowest BCUT2D eigenvalue weighted by atomic mass is 10.1. The van der Waals surface area contributed by atoms with E-state index in [1.807, 2.05) is 36.0 Å². The second-order valence-electron chi connectivity index (χ2n) is 6.52. The lowest BCUT2D eigenvalue weighted by Crippen LogP contribution is -2.10. The molecule has 0 bridgehead atoms. The van der Waals surface area contributed by atoms with E-state index < -0.39 is 5.97 Å². The molecule has 3 heterocycles. The number of hydrogen-bond donors (Lipinski definition) is 0. The number of hydrogen-bond acceptors (Lipinski definition) is 6. The monoisotopic (exact) mass is 393 g/mol. The number of carbonyl (C=O) groups excluding carboxylic acids is 1. The molecule has 0 fully saturated rings. The van der Waals surface area contributed by atoms with Gasteiger partial charge in [0.05, 0.1) is 34.8 Å². The van der Waals surface area contributed by atoms with Crippen molar-refractivity contribution in [2.75, 3.05) is 7.11 Å². The van der Waals surface area contributed by atoms with Gasteiger partial charge in [-0.15, -0.1) is 11.3 Å². The summed E-state index contributed by atoms with van der Waals surface area (Å²) < 4.78 is 12.6. The highest BCUT2D eigenvalue weighted by molar-refractivity contribution is 7.13. The van der Waals surface area contributed by atoms with Gasteiger partial charge in [0.2, 0.25) is 0 Å². The molecule has 28 heavy (non-hydrogen) atoms. The van der Waals surface area contributed by atoms with Gasteiger partial charge >= 0.3 is 5.97 Å². The topological polar surface area (TPSA) is 66.2 Å². The molecular weight excluding hydrogens is 374 g/mol. The van der Waals surface area contributed by atoms with E-state index in [0.29, 0.717) is 28.1 Å². The van der Waals surface area contributed by atoms with E-state index in [-0.39, 0.29) is 6.04 Å². The summed E-state index contributed by atoms with van der Waals surface area (Å²) in [4.78, 5) is 18.7. The molecular formula is C21H19N3O3S. The summed E-state index contributed by atoms with van der Waals surface area (Å²) in [5, 5.41) is 7.08. The summed E-state index contributed by atoms with van der Waals surface area (Å²) in [6.07, 6.45) is 1.67. The van der Waals surface area contributed by atoms with Crippen LogP contribution in [0.2, 0.25) is 0 Å². The van der Waals surface area contributed by atoms with Gasteiger partial charge in [0.15, 0.2) is 5.65 Å². The molecule has 4 aromatic rings. The molecule has 3 aromatic heterocycles. The predicted molar refractivity (Wildman–Crippen MR) is 109 cm³/mol. The maximum Gasteiger partial charge on any atom is 0.344 e. The van der Waals surface area contributed by atoms with E-state index in [1.165, 1.54) is 0 Å². The minimum absolute atomic E-state index is 0.119. The van der Waals surface area contributed by atoms with Crippen LogP contribution in [0, 0.1) is 0 Å². The van der Waals surface area contributed by atoms with E-state index >= 15 is 0 Å². The summed E-state index contributed by atoms with van der Waals surface area (Å²) >= 11 is 1.57. The van der Waals surface area contributed by atoms with Gasteiger partial charge < -0.3 is 9.47 Å². The molecule has 1 aromatic carbocycles. The Morgan fingerprint density at radius 2 is 1.89 bits per heavy atom. The Balaban J connectivity index is 1.78. The van der Waals surface area contributed by atoms with E-state index in [9.17, 15) is 4.79 Å². The van der Waals surface area contributed by atoms with Crippen molar-refractivity contribution in [1.29, 1.82) is 0 Å². The van der Waals surface area contributed by atoms with Gasteiger partial charge in [-0.1, -0.05) is 6.07 Å². The summed E-state index contributed by atoms with van der Waals surface area (Å²) in [7, 11) is 1.59. The van der Waals surface area contributed by atoms with Crippen LogP contribution in [0.1, 0.15) is 30.2 Å². The lowest BCUT2D eigenvalue weighted by Gasteiger charge is -2.10. The number of fused-ring (bicyclic) bond motifs is 1. The van der Waals surface area contributed by atoms with Crippen molar-refractivity contribution < 1.29 is 14.3 Å². The van der Waals surface area contributed by atoms with Gasteiger partial charge in [-0.05, 0) is 55.6 Å². The smallest absolute Gasteiger partial charge is 0.344 e. The molecule has 0 amide bonds. The maximum atomic E-state index is 13.0. The zero-order chi connectivity index (χ0) is 19.7. The highest BCUT2D eigenvalue weighted by atomic mass is 32.1. The zero-order valence-corrected chi connectivity index (χ0v) is 16.6. The van der Waals surface area contributed by atoms with E-state index in [4.69, 9.17) is 14.5 Å². The SMILES string of the molecule is COc1ccc(OC(=O)c2cc(-c3cccs3)nc3c2cnn3C(C)C)cc1. The first-order chi connectivity index (χ1) is 13.6. The third-order valence-electron chi connectivity index (χ3n) is 4.32. The fourth-order valence-corrected chi connectivity index (χ4v) is 3.61. The fourth-order valence-electron chi connectivity index (χ4n) is 2.92. The van der Waals surface area contributed by atoms with Gasteiger partial charge in [0.1, 0.15) is 11.5 Å². The predicted octanol–water partition coefficient (Wildman–Crippen LogP) is 4.97. The van der Waals surface area contributed by atoms with Crippen LogP contribution in [0.15, 0.2) is 54.0 Å². The molecule has 0 atom stereocenters. The largest absolute Gasteiger partial charge is 0.497 e. The molecule has 0 aliphatic heterocycles. The molecule has 0 aliphatic carbocycles. The number of benzene rings is 1. The molecule has 0 saturated carbocycles. The summed E-state index contributed by atoms with van der Waals surface area (Å²) in [6, 6.07) is 12.7. The van der Waals surface area contributed by atoms with Crippen LogP contribution in [-0.4, -0.2) is 27.8 Å². The van der Waals surface area contributed by atoms with Crippen molar-refractivity contribution in [2.24, 2.45) is 0 Å². The van der Waals surface area contributed by atoms with Crippen molar-refractivity contribution in [2.45, 2.75) is 19.9 Å². The Labute approximate surface area is 166 Å². The number of aromatic nitrogens is 3. The Bertz CT molecular complexity index is 1120. The zero-order valence-electron chi connectivity index (χ0n) is 15.7. The summed E-state index contributed by atoms with van der Waals surface area (Å²) in [6.45, 7) is 4.06. The van der Waals surface area contributed by atoms with Crippen LogP contribution >= 0.6 is 11.3 Å². The van der Waals surface area contributed by atoms with E-state index in [0.717, 1.165) is 10.6 Å². The molecule has 4 rings (SSSR count). The van der Waals surface area contributed by atoms with Crippen molar-refractivity contribution in [3.8, 4) is 22.1 Å². The Hall–Kier alpha value is -3.19. The molecule has 7 heteroatoms. The Morgan fingerprint density at radius 3 is 2.54 bits per heavy atom. The number of ether oxygens (including phenoxy) is 2. The van der Waals surface area contributed by atoms with Crippen molar-refractivity contribution >= 4 is 28.3 Å². The number of esters is 1. The Kier molecular flexibility index (Phi) is 4.83. The minimum atomic E-state index is -0.446.